The second-order valence-corrected chi connectivity index (χ2v) is 9.08. The minimum atomic E-state index is -3.83. The summed E-state index contributed by atoms with van der Waals surface area (Å²) in [4.78, 5) is 24.8. The van der Waals surface area contributed by atoms with Crippen LogP contribution in [0.15, 0.2) is 47.4 Å². The molecule has 0 radical (unpaired) electrons. The van der Waals surface area contributed by atoms with Crippen molar-refractivity contribution in [3.63, 3.8) is 0 Å². The third-order valence-corrected chi connectivity index (χ3v) is 7.11. The number of para-hydroxylation sites is 1. The molecule has 3 rings (SSSR count). The van der Waals surface area contributed by atoms with E-state index in [2.05, 4.69) is 5.32 Å². The van der Waals surface area contributed by atoms with Gasteiger partial charge in [0.2, 0.25) is 10.0 Å². The van der Waals surface area contributed by atoms with Crippen molar-refractivity contribution >= 4 is 27.6 Å². The first-order chi connectivity index (χ1) is 14.9. The van der Waals surface area contributed by atoms with Gasteiger partial charge in [-0.1, -0.05) is 25.0 Å². The van der Waals surface area contributed by atoms with Crippen LogP contribution in [0.5, 0.6) is 5.75 Å². The fourth-order valence-electron chi connectivity index (χ4n) is 3.52. The van der Waals surface area contributed by atoms with Gasteiger partial charge in [0.1, 0.15) is 10.6 Å². The highest BCUT2D eigenvalue weighted by molar-refractivity contribution is 7.89. The van der Waals surface area contributed by atoms with E-state index < -0.39 is 21.9 Å². The molecular weight excluding hydrogens is 420 g/mol. The molecule has 1 N–H and O–H groups in total. The van der Waals surface area contributed by atoms with Gasteiger partial charge >= 0.3 is 5.97 Å². The Hall–Kier alpha value is -2.91. The van der Waals surface area contributed by atoms with Gasteiger partial charge in [-0.05, 0) is 43.2 Å². The number of anilines is 1. The number of methoxy groups -OCH3 is 2. The third kappa shape index (κ3) is 5.05. The minimum absolute atomic E-state index is 0.0502. The summed E-state index contributed by atoms with van der Waals surface area (Å²) in [7, 11) is -1.18. The maximum atomic E-state index is 13.3. The topological polar surface area (TPSA) is 102 Å². The molecule has 0 unspecified atom stereocenters. The predicted octanol–water partition coefficient (Wildman–Crippen LogP) is 3.30. The SMILES string of the molecule is COC(=O)c1ccccc1NC(=O)c1ccc(OC)c(S(=O)(=O)N2CCCCCC2)c1. The molecule has 0 bridgehead atoms. The number of nitrogens with one attached hydrogen (secondary N) is 1. The lowest BCUT2D eigenvalue weighted by atomic mass is 10.1. The standard InChI is InChI=1S/C22H26N2O6S/c1-29-19-12-11-16(15-20(19)31(27,28)24-13-7-3-4-8-14-24)21(25)23-18-10-6-5-9-17(18)22(26)30-2/h5-6,9-12,15H,3-4,7-8,13-14H2,1-2H3,(H,23,25). The van der Waals surface area contributed by atoms with Gasteiger partial charge in [0.25, 0.3) is 5.91 Å². The minimum Gasteiger partial charge on any atom is -0.495 e. The Morgan fingerprint density at radius 2 is 1.65 bits per heavy atom. The van der Waals surface area contributed by atoms with E-state index in [1.165, 1.54) is 42.8 Å². The lowest BCUT2D eigenvalue weighted by Crippen LogP contribution is -2.32. The molecule has 1 fully saturated rings. The summed E-state index contributed by atoms with van der Waals surface area (Å²) in [5.41, 5.74) is 0.602. The summed E-state index contributed by atoms with van der Waals surface area (Å²) in [5.74, 6) is -0.961. The van der Waals surface area contributed by atoms with Crippen molar-refractivity contribution in [2.75, 3.05) is 32.6 Å². The first-order valence-corrected chi connectivity index (χ1v) is 11.5. The number of benzene rings is 2. The first kappa shape index (κ1) is 22.8. The number of carbonyl (C=O) groups is 2. The molecule has 1 saturated heterocycles. The number of carbonyl (C=O) groups excluding carboxylic acids is 2. The second-order valence-electron chi connectivity index (χ2n) is 7.18. The van der Waals surface area contributed by atoms with Crippen molar-refractivity contribution in [3.05, 3.63) is 53.6 Å². The molecular formula is C22H26N2O6S. The lowest BCUT2D eigenvalue weighted by Gasteiger charge is -2.21. The largest absolute Gasteiger partial charge is 0.495 e. The quantitative estimate of drug-likeness (QED) is 0.683. The van der Waals surface area contributed by atoms with E-state index in [9.17, 15) is 18.0 Å². The van der Waals surface area contributed by atoms with E-state index >= 15 is 0 Å². The summed E-state index contributed by atoms with van der Waals surface area (Å²) in [6.07, 6.45) is 3.58. The number of ether oxygens (including phenoxy) is 2. The fourth-order valence-corrected chi connectivity index (χ4v) is 5.21. The number of esters is 1. The monoisotopic (exact) mass is 446 g/mol. The van der Waals surface area contributed by atoms with Gasteiger partial charge in [-0.3, -0.25) is 4.79 Å². The molecule has 0 atom stereocenters. The molecule has 166 valence electrons. The number of hydrogen-bond donors (Lipinski definition) is 1. The molecule has 8 nitrogen and oxygen atoms in total. The molecule has 0 aromatic heterocycles. The molecule has 0 spiro atoms. The zero-order valence-electron chi connectivity index (χ0n) is 17.6. The highest BCUT2D eigenvalue weighted by Gasteiger charge is 2.29. The highest BCUT2D eigenvalue weighted by atomic mass is 32.2. The zero-order valence-corrected chi connectivity index (χ0v) is 18.4. The van der Waals surface area contributed by atoms with Crippen LogP contribution in [0.2, 0.25) is 0 Å². The van der Waals surface area contributed by atoms with Crippen molar-refractivity contribution in [3.8, 4) is 5.75 Å². The van der Waals surface area contributed by atoms with Crippen molar-refractivity contribution in [1.29, 1.82) is 0 Å². The van der Waals surface area contributed by atoms with Gasteiger partial charge in [-0.25, -0.2) is 13.2 Å². The fraction of sp³-hybridized carbons (Fsp3) is 0.364. The maximum Gasteiger partial charge on any atom is 0.339 e. The Morgan fingerprint density at radius 3 is 2.29 bits per heavy atom. The number of nitrogens with zero attached hydrogens (tertiary/aromatic N) is 1. The van der Waals surface area contributed by atoms with E-state index in [-0.39, 0.29) is 27.5 Å². The van der Waals surface area contributed by atoms with Crippen molar-refractivity contribution in [2.45, 2.75) is 30.6 Å². The highest BCUT2D eigenvalue weighted by Crippen LogP contribution is 2.30. The summed E-state index contributed by atoms with van der Waals surface area (Å²) in [5, 5.41) is 2.66. The molecule has 1 aliphatic heterocycles. The smallest absolute Gasteiger partial charge is 0.339 e. The van der Waals surface area contributed by atoms with Crippen molar-refractivity contribution < 1.29 is 27.5 Å². The van der Waals surface area contributed by atoms with E-state index in [0.717, 1.165) is 25.7 Å². The lowest BCUT2D eigenvalue weighted by molar-refractivity contribution is 0.0602. The van der Waals surface area contributed by atoms with Crippen LogP contribution in [0.3, 0.4) is 0 Å². The molecule has 1 heterocycles. The number of amides is 1. The molecule has 2 aromatic rings. The molecule has 2 aromatic carbocycles. The number of hydrogen-bond acceptors (Lipinski definition) is 6. The van der Waals surface area contributed by atoms with E-state index in [0.29, 0.717) is 13.1 Å². The number of rotatable bonds is 6. The van der Waals surface area contributed by atoms with Crippen LogP contribution in [0.25, 0.3) is 0 Å². The molecule has 1 aliphatic rings. The Bertz CT molecular complexity index is 1060. The van der Waals surface area contributed by atoms with Gasteiger partial charge in [0, 0.05) is 18.7 Å². The van der Waals surface area contributed by atoms with E-state index in [1.807, 2.05) is 0 Å². The van der Waals surface area contributed by atoms with Gasteiger partial charge < -0.3 is 14.8 Å². The van der Waals surface area contributed by atoms with Crippen molar-refractivity contribution in [1.82, 2.24) is 4.31 Å². The van der Waals surface area contributed by atoms with Gasteiger partial charge in [0.05, 0.1) is 25.5 Å². The molecule has 0 aliphatic carbocycles. The Kier molecular flexibility index (Phi) is 7.29. The van der Waals surface area contributed by atoms with Crippen LogP contribution in [0.1, 0.15) is 46.4 Å². The van der Waals surface area contributed by atoms with Crippen molar-refractivity contribution in [2.24, 2.45) is 0 Å². The van der Waals surface area contributed by atoms with E-state index in [1.54, 1.807) is 18.2 Å². The Morgan fingerprint density at radius 1 is 0.968 bits per heavy atom. The predicted molar refractivity (Wildman–Crippen MR) is 116 cm³/mol. The summed E-state index contributed by atoms with van der Waals surface area (Å²) in [6.45, 7) is 0.878. The average molecular weight is 447 g/mol. The maximum absolute atomic E-state index is 13.3. The van der Waals surface area contributed by atoms with Crippen LogP contribution >= 0.6 is 0 Å². The van der Waals surface area contributed by atoms with Gasteiger partial charge in [0.15, 0.2) is 0 Å². The Labute approximate surface area is 182 Å². The second kappa shape index (κ2) is 9.93. The summed E-state index contributed by atoms with van der Waals surface area (Å²) < 4.78 is 38.0. The van der Waals surface area contributed by atoms with Crippen LogP contribution in [0.4, 0.5) is 5.69 Å². The third-order valence-electron chi connectivity index (χ3n) is 5.19. The molecule has 31 heavy (non-hydrogen) atoms. The van der Waals surface area contributed by atoms with Crippen LogP contribution in [-0.4, -0.2) is 51.9 Å². The van der Waals surface area contributed by atoms with Gasteiger partial charge in [-0.15, -0.1) is 0 Å². The van der Waals surface area contributed by atoms with Crippen LogP contribution < -0.4 is 10.1 Å². The van der Waals surface area contributed by atoms with Crippen LogP contribution in [0, 0.1) is 0 Å². The van der Waals surface area contributed by atoms with Gasteiger partial charge in [-0.2, -0.15) is 4.31 Å². The normalized spacial score (nSPS) is 15.0. The summed E-state index contributed by atoms with van der Waals surface area (Å²) in [6, 6.07) is 10.7. The average Bonchev–Trinajstić information content (AvgIpc) is 3.08. The molecule has 9 heteroatoms. The first-order valence-electron chi connectivity index (χ1n) is 10.1. The van der Waals surface area contributed by atoms with Crippen LogP contribution in [-0.2, 0) is 14.8 Å². The number of sulfonamides is 1. The van der Waals surface area contributed by atoms with E-state index in [4.69, 9.17) is 9.47 Å². The molecule has 1 amide bonds. The Balaban J connectivity index is 1.93. The molecule has 0 saturated carbocycles. The summed E-state index contributed by atoms with van der Waals surface area (Å²) >= 11 is 0. The zero-order chi connectivity index (χ0) is 22.4.